The highest BCUT2D eigenvalue weighted by atomic mass is 79.9. The van der Waals surface area contributed by atoms with Gasteiger partial charge in [-0.3, -0.25) is 9.36 Å². The zero-order chi connectivity index (χ0) is 17.1. The SMILES string of the molecule is CCOC(=O)c1c(Br)cc(C(=O)O)c(=O)n1-c1ccc(F)cc1. The second-order valence-corrected chi connectivity index (χ2v) is 5.25. The lowest BCUT2D eigenvalue weighted by Gasteiger charge is -2.14. The zero-order valence-corrected chi connectivity index (χ0v) is 13.5. The Hall–Kier alpha value is -2.48. The van der Waals surface area contributed by atoms with Gasteiger partial charge in [0.25, 0.3) is 5.56 Å². The number of carboxylic acids is 1. The molecule has 0 aliphatic carbocycles. The number of aromatic carboxylic acids is 1. The molecule has 0 fully saturated rings. The van der Waals surface area contributed by atoms with Crippen LogP contribution in [0.1, 0.15) is 27.8 Å². The maximum atomic E-state index is 13.1. The lowest BCUT2D eigenvalue weighted by molar-refractivity contribution is 0.0512. The van der Waals surface area contributed by atoms with Crippen LogP contribution in [0, 0.1) is 5.82 Å². The van der Waals surface area contributed by atoms with Gasteiger partial charge in [-0.2, -0.15) is 0 Å². The van der Waals surface area contributed by atoms with Gasteiger partial charge in [-0.05, 0) is 53.2 Å². The third kappa shape index (κ3) is 3.31. The van der Waals surface area contributed by atoms with Crippen molar-refractivity contribution in [3.63, 3.8) is 0 Å². The molecule has 6 nitrogen and oxygen atoms in total. The van der Waals surface area contributed by atoms with Crippen LogP contribution in [0.25, 0.3) is 5.69 Å². The third-order valence-corrected chi connectivity index (χ3v) is 3.54. The fourth-order valence-electron chi connectivity index (χ4n) is 1.96. The van der Waals surface area contributed by atoms with Gasteiger partial charge in [0.05, 0.1) is 11.1 Å². The van der Waals surface area contributed by atoms with E-state index in [2.05, 4.69) is 15.9 Å². The number of ether oxygens (including phenoxy) is 1. The fourth-order valence-corrected chi connectivity index (χ4v) is 2.53. The van der Waals surface area contributed by atoms with Gasteiger partial charge in [0.2, 0.25) is 0 Å². The van der Waals surface area contributed by atoms with Crippen LogP contribution in [0.4, 0.5) is 4.39 Å². The van der Waals surface area contributed by atoms with Gasteiger partial charge < -0.3 is 9.84 Å². The number of rotatable bonds is 4. The normalized spacial score (nSPS) is 10.4. The van der Waals surface area contributed by atoms with Crippen LogP contribution in [-0.4, -0.2) is 28.2 Å². The van der Waals surface area contributed by atoms with E-state index in [1.807, 2.05) is 0 Å². The van der Waals surface area contributed by atoms with E-state index in [0.717, 1.165) is 22.8 Å². The summed E-state index contributed by atoms with van der Waals surface area (Å²) >= 11 is 3.08. The van der Waals surface area contributed by atoms with E-state index in [9.17, 15) is 18.8 Å². The Bertz CT molecular complexity index is 829. The van der Waals surface area contributed by atoms with Gasteiger partial charge in [-0.1, -0.05) is 0 Å². The van der Waals surface area contributed by atoms with Gasteiger partial charge in [0.15, 0.2) is 0 Å². The Morgan fingerprint density at radius 2 is 1.91 bits per heavy atom. The van der Waals surface area contributed by atoms with Crippen LogP contribution in [0.2, 0.25) is 0 Å². The van der Waals surface area contributed by atoms with E-state index >= 15 is 0 Å². The first-order valence-electron chi connectivity index (χ1n) is 6.48. The third-order valence-electron chi connectivity index (χ3n) is 2.94. The van der Waals surface area contributed by atoms with Crippen LogP contribution >= 0.6 is 15.9 Å². The fraction of sp³-hybridized carbons (Fsp3) is 0.133. The summed E-state index contributed by atoms with van der Waals surface area (Å²) in [5.41, 5.74) is -1.48. The van der Waals surface area contributed by atoms with Gasteiger partial charge >= 0.3 is 11.9 Å². The van der Waals surface area contributed by atoms with E-state index in [-0.39, 0.29) is 22.5 Å². The monoisotopic (exact) mass is 383 g/mol. The van der Waals surface area contributed by atoms with Crippen LogP contribution in [0.15, 0.2) is 39.6 Å². The molecule has 0 unspecified atom stereocenters. The number of benzene rings is 1. The molecule has 0 saturated carbocycles. The van der Waals surface area contributed by atoms with Crippen molar-refractivity contribution in [3.8, 4) is 5.69 Å². The first-order valence-corrected chi connectivity index (χ1v) is 7.28. The number of esters is 1. The minimum absolute atomic E-state index is 0.0730. The number of hydrogen-bond acceptors (Lipinski definition) is 4. The van der Waals surface area contributed by atoms with Gasteiger partial charge in [-0.15, -0.1) is 0 Å². The molecule has 1 aromatic heterocycles. The molecule has 8 heteroatoms. The van der Waals surface area contributed by atoms with Crippen molar-refractivity contribution in [2.45, 2.75) is 6.92 Å². The van der Waals surface area contributed by atoms with Crippen molar-refractivity contribution in [3.05, 3.63) is 62.2 Å². The molecule has 0 radical (unpaired) electrons. The lowest BCUT2D eigenvalue weighted by Crippen LogP contribution is -2.30. The molecule has 0 aliphatic rings. The average molecular weight is 384 g/mol. The molecule has 0 atom stereocenters. The number of carboxylic acid groups (broad SMARTS) is 1. The van der Waals surface area contributed by atoms with Crippen LogP contribution in [0.3, 0.4) is 0 Å². The average Bonchev–Trinajstić information content (AvgIpc) is 2.49. The maximum absolute atomic E-state index is 13.1. The number of halogens is 2. The van der Waals surface area contributed by atoms with Crippen molar-refractivity contribution in [1.29, 1.82) is 0 Å². The lowest BCUT2D eigenvalue weighted by atomic mass is 10.2. The summed E-state index contributed by atoms with van der Waals surface area (Å²) in [6.07, 6.45) is 0. The minimum Gasteiger partial charge on any atom is -0.477 e. The largest absolute Gasteiger partial charge is 0.477 e. The summed E-state index contributed by atoms with van der Waals surface area (Å²) in [6, 6.07) is 5.75. The molecule has 2 rings (SSSR count). The first-order chi connectivity index (χ1) is 10.9. The highest BCUT2D eigenvalue weighted by Gasteiger charge is 2.24. The minimum atomic E-state index is -1.44. The Balaban J connectivity index is 2.83. The zero-order valence-electron chi connectivity index (χ0n) is 11.9. The summed E-state index contributed by atoms with van der Waals surface area (Å²) in [7, 11) is 0. The Morgan fingerprint density at radius 3 is 2.43 bits per heavy atom. The van der Waals surface area contributed by atoms with Gasteiger partial charge in [-0.25, -0.2) is 14.0 Å². The standard InChI is InChI=1S/C15H11BrFNO5/c1-2-23-15(22)12-11(16)7-10(14(20)21)13(19)18(12)9-5-3-8(17)4-6-9/h3-7H,2H2,1H3,(H,20,21). The molecule has 120 valence electrons. The Labute approximate surface area is 138 Å². The molecule has 23 heavy (non-hydrogen) atoms. The number of aromatic nitrogens is 1. The molecular weight excluding hydrogens is 373 g/mol. The number of carbonyl (C=O) groups excluding carboxylic acids is 1. The number of carbonyl (C=O) groups is 2. The molecule has 0 saturated heterocycles. The van der Waals surface area contributed by atoms with Crippen molar-refractivity contribution in [2.75, 3.05) is 6.61 Å². The van der Waals surface area contributed by atoms with Crippen molar-refractivity contribution < 1.29 is 23.8 Å². The topological polar surface area (TPSA) is 85.6 Å². The number of hydrogen-bond donors (Lipinski definition) is 1. The van der Waals surface area contributed by atoms with Crippen LogP contribution < -0.4 is 5.56 Å². The predicted octanol–water partition coefficient (Wildman–Crippen LogP) is 2.61. The van der Waals surface area contributed by atoms with Crippen LogP contribution in [0.5, 0.6) is 0 Å². The smallest absolute Gasteiger partial charge is 0.356 e. The van der Waals surface area contributed by atoms with E-state index in [0.29, 0.717) is 0 Å². The first kappa shape index (κ1) is 16.9. The summed E-state index contributed by atoms with van der Waals surface area (Å²) < 4.78 is 18.9. The van der Waals surface area contributed by atoms with Gasteiger partial charge in [0.1, 0.15) is 17.1 Å². The number of pyridine rings is 1. The second kappa shape index (κ2) is 6.74. The molecule has 1 N–H and O–H groups in total. The quantitative estimate of drug-likeness (QED) is 0.820. The predicted molar refractivity (Wildman–Crippen MR) is 82.6 cm³/mol. The molecule has 0 spiro atoms. The Kier molecular flexibility index (Phi) is 4.95. The molecule has 0 bridgehead atoms. The molecule has 0 amide bonds. The van der Waals surface area contributed by atoms with E-state index in [1.165, 1.54) is 12.1 Å². The van der Waals surface area contributed by atoms with Crippen molar-refractivity contribution in [1.82, 2.24) is 4.57 Å². The maximum Gasteiger partial charge on any atom is 0.356 e. The molecule has 1 heterocycles. The summed E-state index contributed by atoms with van der Waals surface area (Å²) in [4.78, 5) is 35.8. The molecule has 0 aliphatic heterocycles. The highest BCUT2D eigenvalue weighted by molar-refractivity contribution is 9.10. The molecular formula is C15H11BrFNO5. The van der Waals surface area contributed by atoms with Gasteiger partial charge in [0, 0.05) is 5.69 Å². The molecule has 2 aromatic rings. The number of nitrogens with zero attached hydrogens (tertiary/aromatic N) is 1. The summed E-state index contributed by atoms with van der Waals surface area (Å²) in [5, 5.41) is 9.13. The van der Waals surface area contributed by atoms with Crippen molar-refractivity contribution in [2.24, 2.45) is 0 Å². The van der Waals surface area contributed by atoms with Crippen molar-refractivity contribution >= 4 is 27.9 Å². The summed E-state index contributed by atoms with van der Waals surface area (Å²) in [5.74, 6) is -2.78. The van der Waals surface area contributed by atoms with E-state index in [1.54, 1.807) is 6.92 Å². The molecule has 1 aromatic carbocycles. The Morgan fingerprint density at radius 1 is 1.30 bits per heavy atom. The summed E-state index contributed by atoms with van der Waals surface area (Å²) in [6.45, 7) is 1.67. The highest BCUT2D eigenvalue weighted by Crippen LogP contribution is 2.21. The van der Waals surface area contributed by atoms with E-state index in [4.69, 9.17) is 9.84 Å². The second-order valence-electron chi connectivity index (χ2n) is 4.40. The van der Waals surface area contributed by atoms with E-state index < -0.39 is 28.9 Å². The van der Waals surface area contributed by atoms with Crippen LogP contribution in [-0.2, 0) is 4.74 Å².